The zero-order valence-corrected chi connectivity index (χ0v) is 9.07. The van der Waals surface area contributed by atoms with Gasteiger partial charge in [0.15, 0.2) is 5.78 Å². The van der Waals surface area contributed by atoms with Gasteiger partial charge in [-0.25, -0.2) is 0 Å². The van der Waals surface area contributed by atoms with Crippen LogP contribution < -0.4 is 5.32 Å². The van der Waals surface area contributed by atoms with Gasteiger partial charge in [0.2, 0.25) is 0 Å². The Hall–Kier alpha value is -1.16. The monoisotopic (exact) mass is 207 g/mol. The molecule has 1 heterocycles. The topological polar surface area (TPSA) is 46.9 Å². The van der Waals surface area contributed by atoms with E-state index in [9.17, 15) is 4.79 Å². The van der Waals surface area contributed by atoms with Crippen molar-refractivity contribution in [2.45, 2.75) is 25.8 Å². The quantitative estimate of drug-likeness (QED) is 0.735. The van der Waals surface area contributed by atoms with Crippen LogP contribution in [0.1, 0.15) is 29.8 Å². The molecule has 0 spiro atoms. The largest absolute Gasteiger partial charge is 0.313 e. The van der Waals surface area contributed by atoms with Crippen molar-refractivity contribution >= 4 is 5.78 Å². The van der Waals surface area contributed by atoms with Gasteiger partial charge in [0, 0.05) is 12.7 Å². The molecule has 4 nitrogen and oxygen atoms in total. The van der Waals surface area contributed by atoms with Gasteiger partial charge in [-0.1, -0.05) is 6.42 Å². The Morgan fingerprint density at radius 2 is 2.47 bits per heavy atom. The lowest BCUT2D eigenvalue weighted by atomic mass is 9.85. The number of hydrogen-bond acceptors (Lipinski definition) is 3. The van der Waals surface area contributed by atoms with E-state index in [1.54, 1.807) is 19.3 Å². The third-order valence-corrected chi connectivity index (χ3v) is 3.00. The van der Waals surface area contributed by atoms with E-state index in [2.05, 4.69) is 10.4 Å². The molecule has 82 valence electrons. The fourth-order valence-electron chi connectivity index (χ4n) is 1.89. The van der Waals surface area contributed by atoms with Crippen molar-refractivity contribution in [3.8, 4) is 0 Å². The van der Waals surface area contributed by atoms with E-state index in [1.165, 1.54) is 19.3 Å². The third-order valence-electron chi connectivity index (χ3n) is 3.00. The zero-order chi connectivity index (χ0) is 10.7. The molecular weight excluding hydrogens is 190 g/mol. The van der Waals surface area contributed by atoms with E-state index in [0.29, 0.717) is 6.54 Å². The first kappa shape index (κ1) is 10.4. The number of carbonyl (C=O) groups is 1. The van der Waals surface area contributed by atoms with E-state index in [-0.39, 0.29) is 5.78 Å². The molecule has 1 fully saturated rings. The molecule has 0 saturated heterocycles. The van der Waals surface area contributed by atoms with Gasteiger partial charge < -0.3 is 5.32 Å². The van der Waals surface area contributed by atoms with Crippen molar-refractivity contribution in [3.05, 3.63) is 18.0 Å². The molecule has 1 N–H and O–H groups in total. The van der Waals surface area contributed by atoms with E-state index in [0.717, 1.165) is 18.2 Å². The minimum Gasteiger partial charge on any atom is -0.313 e. The summed E-state index contributed by atoms with van der Waals surface area (Å²) < 4.78 is 1.85. The molecule has 0 aliphatic heterocycles. The summed E-state index contributed by atoms with van der Waals surface area (Å²) in [5.41, 5.74) is 0.733. The summed E-state index contributed by atoms with van der Waals surface area (Å²) in [5, 5.41) is 7.08. The van der Waals surface area contributed by atoms with E-state index >= 15 is 0 Å². The number of ketones is 1. The number of carbonyl (C=O) groups excluding carboxylic acids is 1. The van der Waals surface area contributed by atoms with Gasteiger partial charge in [0.25, 0.3) is 0 Å². The summed E-state index contributed by atoms with van der Waals surface area (Å²) in [6.45, 7) is 1.29. The minimum atomic E-state index is 0.120. The Kier molecular flexibility index (Phi) is 3.16. The van der Waals surface area contributed by atoms with Gasteiger partial charge in [0.1, 0.15) is 5.69 Å². The number of aromatic nitrogens is 2. The van der Waals surface area contributed by atoms with Crippen LogP contribution in [0.2, 0.25) is 0 Å². The molecule has 1 aliphatic rings. The Balaban J connectivity index is 2.03. The van der Waals surface area contributed by atoms with E-state index in [1.807, 2.05) is 4.68 Å². The second kappa shape index (κ2) is 4.57. The minimum absolute atomic E-state index is 0.120. The fraction of sp³-hybridized carbons (Fsp3) is 0.636. The average molecular weight is 207 g/mol. The van der Waals surface area contributed by atoms with Crippen molar-refractivity contribution in [2.75, 3.05) is 13.6 Å². The normalized spacial score (nSPS) is 16.3. The van der Waals surface area contributed by atoms with Crippen LogP contribution in [0.15, 0.2) is 12.3 Å². The number of likely N-dealkylation sites (N-methyl/N-ethyl adjacent to an activating group) is 1. The average Bonchev–Trinajstić information content (AvgIpc) is 2.59. The van der Waals surface area contributed by atoms with Gasteiger partial charge in [-0.2, -0.15) is 5.10 Å². The lowest BCUT2D eigenvalue weighted by Gasteiger charge is -2.25. The first-order chi connectivity index (χ1) is 7.31. The highest BCUT2D eigenvalue weighted by atomic mass is 16.1. The standard InChI is InChI=1S/C11H17N3O/c1-12-7-11(15)10-5-6-13-14(10)8-9-3-2-4-9/h5-6,9,12H,2-4,7-8H2,1H3. The zero-order valence-electron chi connectivity index (χ0n) is 9.07. The van der Waals surface area contributed by atoms with Crippen molar-refractivity contribution in [1.82, 2.24) is 15.1 Å². The van der Waals surface area contributed by atoms with Crippen LogP contribution in [-0.4, -0.2) is 29.2 Å². The molecule has 0 atom stereocenters. The van der Waals surface area contributed by atoms with Crippen molar-refractivity contribution in [1.29, 1.82) is 0 Å². The van der Waals surface area contributed by atoms with Crippen LogP contribution in [0.3, 0.4) is 0 Å². The maximum atomic E-state index is 11.7. The highest BCUT2D eigenvalue weighted by Crippen LogP contribution is 2.27. The Morgan fingerprint density at radius 1 is 1.67 bits per heavy atom. The molecule has 1 saturated carbocycles. The maximum Gasteiger partial charge on any atom is 0.194 e. The number of hydrogen-bond donors (Lipinski definition) is 1. The van der Waals surface area contributed by atoms with E-state index < -0.39 is 0 Å². The molecule has 0 aromatic carbocycles. The van der Waals surface area contributed by atoms with Crippen LogP contribution in [0.5, 0.6) is 0 Å². The first-order valence-corrected chi connectivity index (χ1v) is 5.51. The van der Waals surface area contributed by atoms with Crippen molar-refractivity contribution in [3.63, 3.8) is 0 Å². The number of nitrogens with one attached hydrogen (secondary N) is 1. The summed E-state index contributed by atoms with van der Waals surface area (Å²) in [6.07, 6.45) is 5.59. The maximum absolute atomic E-state index is 11.7. The lowest BCUT2D eigenvalue weighted by Crippen LogP contribution is -2.25. The van der Waals surface area contributed by atoms with Gasteiger partial charge in [-0.05, 0) is 31.9 Å². The smallest absolute Gasteiger partial charge is 0.194 e. The summed E-state index contributed by atoms with van der Waals surface area (Å²) in [5.74, 6) is 0.848. The Bertz CT molecular complexity index is 341. The third kappa shape index (κ3) is 2.26. The van der Waals surface area contributed by atoms with Crippen LogP contribution in [0.25, 0.3) is 0 Å². The SMILES string of the molecule is CNCC(=O)c1ccnn1CC1CCC1. The van der Waals surface area contributed by atoms with Gasteiger partial charge in [-0.3, -0.25) is 9.48 Å². The highest BCUT2D eigenvalue weighted by molar-refractivity contribution is 5.95. The molecule has 1 aromatic heterocycles. The van der Waals surface area contributed by atoms with E-state index in [4.69, 9.17) is 0 Å². The second-order valence-electron chi connectivity index (χ2n) is 4.15. The summed E-state index contributed by atoms with van der Waals surface area (Å²) >= 11 is 0. The van der Waals surface area contributed by atoms with Crippen LogP contribution in [-0.2, 0) is 6.54 Å². The van der Waals surface area contributed by atoms with Gasteiger partial charge in [-0.15, -0.1) is 0 Å². The number of nitrogens with zero attached hydrogens (tertiary/aromatic N) is 2. The van der Waals surface area contributed by atoms with Crippen LogP contribution >= 0.6 is 0 Å². The number of rotatable bonds is 5. The molecule has 1 aromatic rings. The lowest BCUT2D eigenvalue weighted by molar-refractivity contribution is 0.0980. The predicted octanol–water partition coefficient (Wildman–Crippen LogP) is 1.09. The molecular formula is C11H17N3O. The van der Waals surface area contributed by atoms with Gasteiger partial charge in [0.05, 0.1) is 6.54 Å². The molecule has 1 aliphatic carbocycles. The molecule has 0 amide bonds. The summed E-state index contributed by atoms with van der Waals surface area (Å²) in [7, 11) is 1.78. The Labute approximate surface area is 89.7 Å². The highest BCUT2D eigenvalue weighted by Gasteiger charge is 2.20. The summed E-state index contributed by atoms with van der Waals surface area (Å²) in [6, 6.07) is 1.80. The number of Topliss-reactive ketones (excluding diaryl/α,β-unsaturated/α-hetero) is 1. The Morgan fingerprint density at radius 3 is 3.07 bits per heavy atom. The summed E-state index contributed by atoms with van der Waals surface area (Å²) in [4.78, 5) is 11.7. The van der Waals surface area contributed by atoms with Crippen LogP contribution in [0.4, 0.5) is 0 Å². The second-order valence-corrected chi connectivity index (χ2v) is 4.15. The van der Waals surface area contributed by atoms with Gasteiger partial charge >= 0.3 is 0 Å². The predicted molar refractivity (Wildman–Crippen MR) is 57.8 cm³/mol. The molecule has 15 heavy (non-hydrogen) atoms. The van der Waals surface area contributed by atoms with Crippen molar-refractivity contribution in [2.24, 2.45) is 5.92 Å². The molecule has 2 rings (SSSR count). The molecule has 0 bridgehead atoms. The molecule has 4 heteroatoms. The van der Waals surface area contributed by atoms with Crippen molar-refractivity contribution < 1.29 is 4.79 Å². The molecule has 0 radical (unpaired) electrons. The molecule has 0 unspecified atom stereocenters. The van der Waals surface area contributed by atoms with Crippen LogP contribution in [0, 0.1) is 5.92 Å². The first-order valence-electron chi connectivity index (χ1n) is 5.51. The fourth-order valence-corrected chi connectivity index (χ4v) is 1.89.